The summed E-state index contributed by atoms with van der Waals surface area (Å²) in [6.07, 6.45) is 1.67. The van der Waals surface area contributed by atoms with Crippen molar-refractivity contribution in [1.29, 1.82) is 0 Å². The van der Waals surface area contributed by atoms with Crippen molar-refractivity contribution in [3.63, 3.8) is 0 Å². The number of hydrogen-bond donors (Lipinski definition) is 1. The number of hydrogen-bond acceptors (Lipinski definition) is 3. The second-order valence-electron chi connectivity index (χ2n) is 4.09. The largest absolute Gasteiger partial charge is 0.343 e. The molecule has 0 radical (unpaired) electrons. The van der Waals surface area contributed by atoms with Crippen molar-refractivity contribution in [3.8, 4) is 0 Å². The maximum Gasteiger partial charge on any atom is 0.222 e. The van der Waals surface area contributed by atoms with Crippen molar-refractivity contribution in [2.75, 3.05) is 31.1 Å². The van der Waals surface area contributed by atoms with E-state index in [4.69, 9.17) is 5.73 Å². The van der Waals surface area contributed by atoms with E-state index in [0.29, 0.717) is 12.3 Å². The first-order valence-corrected chi connectivity index (χ1v) is 7.36. The lowest BCUT2D eigenvalue weighted by molar-refractivity contribution is -0.130. The van der Waals surface area contributed by atoms with E-state index in [0.717, 1.165) is 37.6 Å². The van der Waals surface area contributed by atoms with Crippen molar-refractivity contribution in [2.45, 2.75) is 33.6 Å². The summed E-state index contributed by atoms with van der Waals surface area (Å²) in [7, 11) is 0. The highest BCUT2D eigenvalue weighted by Crippen LogP contribution is 2.10. The third kappa shape index (κ3) is 7.12. The minimum absolute atomic E-state index is 0.289. The van der Waals surface area contributed by atoms with Gasteiger partial charge >= 0.3 is 0 Å². The zero-order valence-electron chi connectivity index (χ0n) is 10.9. The molecule has 0 spiro atoms. The van der Waals surface area contributed by atoms with Crippen molar-refractivity contribution in [2.24, 2.45) is 11.7 Å². The Morgan fingerprint density at radius 3 is 2.50 bits per heavy atom. The molecular formula is C12H26N2OS. The molecule has 1 amide bonds. The number of rotatable bonds is 9. The van der Waals surface area contributed by atoms with E-state index >= 15 is 0 Å². The Labute approximate surface area is 104 Å². The molecule has 0 bridgehead atoms. The van der Waals surface area contributed by atoms with E-state index in [9.17, 15) is 4.79 Å². The Bertz CT molecular complexity index is 184. The standard InChI is InChI=1S/C12H26N2OS/c1-4-14(5-2)12(15)7-6-8-16-10-11(3)9-13/h11H,4-10,13H2,1-3H3. The van der Waals surface area contributed by atoms with Gasteiger partial charge in [-0.2, -0.15) is 11.8 Å². The Morgan fingerprint density at radius 2 is 2.00 bits per heavy atom. The Kier molecular flexibility index (Phi) is 9.83. The molecule has 0 aromatic carbocycles. The van der Waals surface area contributed by atoms with Crippen LogP contribution in [0, 0.1) is 5.92 Å². The second kappa shape index (κ2) is 9.97. The Morgan fingerprint density at radius 1 is 1.38 bits per heavy atom. The summed E-state index contributed by atoms with van der Waals surface area (Å²) in [5.74, 6) is 3.05. The van der Waals surface area contributed by atoms with E-state index in [1.54, 1.807) is 0 Å². The molecule has 2 N–H and O–H groups in total. The Hall–Kier alpha value is -0.220. The van der Waals surface area contributed by atoms with Gasteiger partial charge < -0.3 is 10.6 Å². The summed E-state index contributed by atoms with van der Waals surface area (Å²) < 4.78 is 0. The molecule has 0 rings (SSSR count). The van der Waals surface area contributed by atoms with Gasteiger partial charge in [0.25, 0.3) is 0 Å². The van der Waals surface area contributed by atoms with Crippen LogP contribution in [-0.2, 0) is 4.79 Å². The molecule has 0 saturated heterocycles. The number of nitrogens with two attached hydrogens (primary N) is 1. The fourth-order valence-electron chi connectivity index (χ4n) is 1.41. The molecule has 1 atom stereocenters. The highest BCUT2D eigenvalue weighted by atomic mass is 32.2. The predicted molar refractivity (Wildman–Crippen MR) is 72.7 cm³/mol. The smallest absolute Gasteiger partial charge is 0.222 e. The number of carbonyl (C=O) groups excluding carboxylic acids is 1. The highest BCUT2D eigenvalue weighted by molar-refractivity contribution is 7.99. The molecule has 0 saturated carbocycles. The molecule has 0 aliphatic carbocycles. The molecule has 0 aromatic rings. The molecule has 0 fully saturated rings. The van der Waals surface area contributed by atoms with Gasteiger partial charge in [0.1, 0.15) is 0 Å². The van der Waals surface area contributed by atoms with E-state index < -0.39 is 0 Å². The van der Waals surface area contributed by atoms with Gasteiger partial charge in [0.15, 0.2) is 0 Å². The lowest BCUT2D eigenvalue weighted by Crippen LogP contribution is -2.30. The van der Waals surface area contributed by atoms with Crippen LogP contribution in [0.5, 0.6) is 0 Å². The summed E-state index contributed by atoms with van der Waals surface area (Å²) in [6, 6.07) is 0. The van der Waals surface area contributed by atoms with Gasteiger partial charge in [-0.05, 0) is 44.2 Å². The number of nitrogens with zero attached hydrogens (tertiary/aromatic N) is 1. The lowest BCUT2D eigenvalue weighted by Gasteiger charge is -2.18. The van der Waals surface area contributed by atoms with Crippen LogP contribution in [0.3, 0.4) is 0 Å². The summed E-state index contributed by atoms with van der Waals surface area (Å²) in [4.78, 5) is 13.6. The third-order valence-electron chi connectivity index (χ3n) is 2.60. The van der Waals surface area contributed by atoms with Gasteiger partial charge in [0.05, 0.1) is 0 Å². The summed E-state index contributed by atoms with van der Waals surface area (Å²) in [5.41, 5.74) is 5.54. The average molecular weight is 246 g/mol. The van der Waals surface area contributed by atoms with Crippen LogP contribution in [0.25, 0.3) is 0 Å². The van der Waals surface area contributed by atoms with Crippen LogP contribution in [-0.4, -0.2) is 41.9 Å². The van der Waals surface area contributed by atoms with Crippen molar-refractivity contribution in [3.05, 3.63) is 0 Å². The fourth-order valence-corrected chi connectivity index (χ4v) is 2.47. The molecule has 0 heterocycles. The molecule has 0 aliphatic rings. The second-order valence-corrected chi connectivity index (χ2v) is 5.24. The average Bonchev–Trinajstić information content (AvgIpc) is 2.29. The van der Waals surface area contributed by atoms with Crippen LogP contribution < -0.4 is 5.73 Å². The van der Waals surface area contributed by atoms with Gasteiger partial charge in [-0.25, -0.2) is 0 Å². The normalized spacial score (nSPS) is 12.5. The van der Waals surface area contributed by atoms with Gasteiger partial charge in [0, 0.05) is 19.5 Å². The zero-order chi connectivity index (χ0) is 12.4. The lowest BCUT2D eigenvalue weighted by atomic mass is 10.2. The third-order valence-corrected chi connectivity index (χ3v) is 3.98. The number of amides is 1. The van der Waals surface area contributed by atoms with Crippen molar-refractivity contribution >= 4 is 17.7 Å². The first-order chi connectivity index (χ1) is 7.65. The van der Waals surface area contributed by atoms with Crippen LogP contribution in [0.4, 0.5) is 0 Å². The minimum atomic E-state index is 0.289. The van der Waals surface area contributed by atoms with Crippen LogP contribution in [0.1, 0.15) is 33.6 Å². The van der Waals surface area contributed by atoms with Crippen LogP contribution in [0.15, 0.2) is 0 Å². The fraction of sp³-hybridized carbons (Fsp3) is 0.917. The van der Waals surface area contributed by atoms with Crippen molar-refractivity contribution in [1.82, 2.24) is 4.90 Å². The van der Waals surface area contributed by atoms with Gasteiger partial charge in [-0.3, -0.25) is 4.79 Å². The molecule has 0 aliphatic heterocycles. The van der Waals surface area contributed by atoms with E-state index in [2.05, 4.69) is 6.92 Å². The first-order valence-electron chi connectivity index (χ1n) is 6.21. The van der Waals surface area contributed by atoms with Gasteiger partial charge in [0.2, 0.25) is 5.91 Å². The van der Waals surface area contributed by atoms with Gasteiger partial charge in [-0.15, -0.1) is 0 Å². The monoisotopic (exact) mass is 246 g/mol. The van der Waals surface area contributed by atoms with E-state index in [1.165, 1.54) is 0 Å². The molecule has 1 unspecified atom stereocenters. The molecular weight excluding hydrogens is 220 g/mol. The maximum absolute atomic E-state index is 11.7. The summed E-state index contributed by atoms with van der Waals surface area (Å²) in [5, 5.41) is 0. The van der Waals surface area contributed by atoms with Crippen LogP contribution in [0.2, 0.25) is 0 Å². The SMILES string of the molecule is CCN(CC)C(=O)CCCSCC(C)CN. The summed E-state index contributed by atoms with van der Waals surface area (Å²) in [6.45, 7) is 8.62. The number of thioether (sulfide) groups is 1. The van der Waals surface area contributed by atoms with Gasteiger partial charge in [-0.1, -0.05) is 6.92 Å². The quantitative estimate of drug-likeness (QED) is 0.633. The highest BCUT2D eigenvalue weighted by Gasteiger charge is 2.08. The minimum Gasteiger partial charge on any atom is -0.343 e. The first kappa shape index (κ1) is 15.8. The molecule has 3 nitrogen and oxygen atoms in total. The molecule has 0 aromatic heterocycles. The molecule has 16 heavy (non-hydrogen) atoms. The van der Waals surface area contributed by atoms with E-state index in [1.807, 2.05) is 30.5 Å². The molecule has 96 valence electrons. The van der Waals surface area contributed by atoms with Crippen LogP contribution >= 0.6 is 11.8 Å². The topological polar surface area (TPSA) is 46.3 Å². The maximum atomic E-state index is 11.7. The van der Waals surface area contributed by atoms with Crippen molar-refractivity contribution < 1.29 is 4.79 Å². The molecule has 4 heteroatoms. The Balaban J connectivity index is 3.47. The zero-order valence-corrected chi connectivity index (χ0v) is 11.7. The predicted octanol–water partition coefficient (Wildman–Crippen LogP) is 1.96. The number of carbonyl (C=O) groups is 1. The summed E-state index contributed by atoms with van der Waals surface area (Å²) >= 11 is 1.90. The van der Waals surface area contributed by atoms with E-state index in [-0.39, 0.29) is 5.91 Å².